The summed E-state index contributed by atoms with van der Waals surface area (Å²) in [5.74, 6) is -1.86. The first kappa shape index (κ1) is 20.2. The number of hydrogen-bond donors (Lipinski definition) is 3. The number of amides is 2. The Morgan fingerprint density at radius 2 is 1.61 bits per heavy atom. The summed E-state index contributed by atoms with van der Waals surface area (Å²) in [5, 5.41) is 13.6. The van der Waals surface area contributed by atoms with Gasteiger partial charge >= 0.3 is 12.1 Å². The van der Waals surface area contributed by atoms with Crippen LogP contribution in [0.15, 0.2) is 65.3 Å². The second-order valence-electron chi connectivity index (χ2n) is 7.01. The maximum Gasteiger partial charge on any atom is 0.411 e. The molecule has 1 aliphatic carbocycles. The molecule has 3 N–H and O–H groups in total. The third-order valence-electron chi connectivity index (χ3n) is 5.08. The van der Waals surface area contributed by atoms with Crippen LogP contribution in [0.4, 0.5) is 10.5 Å². The Morgan fingerprint density at radius 3 is 2.26 bits per heavy atom. The number of carbonyl (C=O) groups excluding carboxylic acids is 2. The minimum atomic E-state index is -1.03. The number of carbonyl (C=O) groups is 3. The van der Waals surface area contributed by atoms with E-state index in [9.17, 15) is 14.4 Å². The minimum absolute atomic E-state index is 0.0563. The number of anilines is 1. The monoisotopic (exact) mass is 420 g/mol. The van der Waals surface area contributed by atoms with Crippen LogP contribution in [0.3, 0.4) is 0 Å². The van der Waals surface area contributed by atoms with Crippen molar-refractivity contribution >= 4 is 23.7 Å². The lowest BCUT2D eigenvalue weighted by Crippen LogP contribution is -2.27. The number of aliphatic carboxylic acids is 1. The van der Waals surface area contributed by atoms with Crippen LogP contribution in [0, 0.1) is 0 Å². The Bertz CT molecular complexity index is 1090. The number of ether oxygens (including phenoxy) is 1. The fourth-order valence-corrected chi connectivity index (χ4v) is 3.69. The number of hydrogen-bond acceptors (Lipinski definition) is 5. The van der Waals surface area contributed by atoms with E-state index in [4.69, 9.17) is 14.3 Å². The average molecular weight is 420 g/mol. The molecule has 0 aliphatic heterocycles. The number of fused-ring (bicyclic) bond motifs is 3. The number of carboxylic acid groups (broad SMARTS) is 1. The summed E-state index contributed by atoms with van der Waals surface area (Å²) in [4.78, 5) is 35.1. The van der Waals surface area contributed by atoms with Gasteiger partial charge in [0.1, 0.15) is 6.61 Å². The minimum Gasteiger partial charge on any atom is -0.481 e. The van der Waals surface area contributed by atoms with E-state index in [0.29, 0.717) is 0 Å². The molecule has 2 aromatic carbocycles. The number of nitrogens with one attached hydrogen (secondary N) is 2. The highest BCUT2D eigenvalue weighted by Gasteiger charge is 2.29. The normalized spacial score (nSPS) is 12.0. The predicted octanol–water partition coefficient (Wildman–Crippen LogP) is 3.85. The number of carboxylic acids is 1. The lowest BCUT2D eigenvalue weighted by atomic mass is 9.98. The SMILES string of the molecule is O=C(O)CCNC(=O)c1occc1NC(=O)OCC1c2ccccc2-c2ccccc21. The van der Waals surface area contributed by atoms with Crippen molar-refractivity contribution in [1.29, 1.82) is 0 Å². The van der Waals surface area contributed by atoms with Crippen LogP contribution in [0.2, 0.25) is 0 Å². The van der Waals surface area contributed by atoms with Crippen LogP contribution in [-0.4, -0.2) is 36.2 Å². The van der Waals surface area contributed by atoms with Gasteiger partial charge in [-0.1, -0.05) is 48.5 Å². The number of benzene rings is 2. The summed E-state index contributed by atoms with van der Waals surface area (Å²) >= 11 is 0. The highest BCUT2D eigenvalue weighted by atomic mass is 16.5. The molecule has 0 bridgehead atoms. The lowest BCUT2D eigenvalue weighted by Gasteiger charge is -2.14. The largest absolute Gasteiger partial charge is 0.481 e. The van der Waals surface area contributed by atoms with Crippen LogP contribution >= 0.6 is 0 Å². The highest BCUT2D eigenvalue weighted by Crippen LogP contribution is 2.44. The topological polar surface area (TPSA) is 118 Å². The number of rotatable bonds is 7. The number of furan rings is 1. The molecule has 2 amide bonds. The van der Waals surface area contributed by atoms with Crippen LogP contribution in [0.1, 0.15) is 34.0 Å². The fraction of sp³-hybridized carbons (Fsp3) is 0.174. The van der Waals surface area contributed by atoms with Crippen LogP contribution in [0.5, 0.6) is 0 Å². The van der Waals surface area contributed by atoms with E-state index in [-0.39, 0.29) is 36.9 Å². The Balaban J connectivity index is 1.39. The zero-order chi connectivity index (χ0) is 21.8. The van der Waals surface area contributed by atoms with Crippen molar-refractivity contribution in [3.63, 3.8) is 0 Å². The fourth-order valence-electron chi connectivity index (χ4n) is 3.69. The summed E-state index contributed by atoms with van der Waals surface area (Å²) in [6, 6.07) is 17.4. The third kappa shape index (κ3) is 4.28. The molecule has 4 rings (SSSR count). The van der Waals surface area contributed by atoms with Gasteiger partial charge in [0.2, 0.25) is 5.76 Å². The third-order valence-corrected chi connectivity index (χ3v) is 5.08. The average Bonchev–Trinajstić information content (AvgIpc) is 3.34. The van der Waals surface area contributed by atoms with Gasteiger partial charge in [-0.15, -0.1) is 0 Å². The molecule has 158 valence electrons. The van der Waals surface area contributed by atoms with Gasteiger partial charge in [0, 0.05) is 18.5 Å². The Morgan fingerprint density at radius 1 is 0.968 bits per heavy atom. The molecule has 0 spiro atoms. The van der Waals surface area contributed by atoms with E-state index in [0.717, 1.165) is 22.3 Å². The standard InChI is InChI=1S/C23H20N2O6/c26-20(27)9-11-24-22(28)21-19(10-12-30-21)25-23(29)31-13-18-16-7-3-1-5-14(16)15-6-2-4-8-17(15)18/h1-8,10,12,18H,9,11,13H2,(H,24,28)(H,25,29)(H,26,27). The van der Waals surface area contributed by atoms with Gasteiger partial charge in [0.25, 0.3) is 5.91 Å². The van der Waals surface area contributed by atoms with E-state index in [1.165, 1.54) is 12.3 Å². The molecule has 0 saturated heterocycles. The summed E-state index contributed by atoms with van der Waals surface area (Å²) in [7, 11) is 0. The Hall–Kier alpha value is -4.07. The first-order valence-corrected chi connectivity index (χ1v) is 9.74. The molecule has 0 atom stereocenters. The first-order chi connectivity index (χ1) is 15.0. The van der Waals surface area contributed by atoms with Gasteiger partial charge in [-0.3, -0.25) is 14.9 Å². The van der Waals surface area contributed by atoms with Crippen LogP contribution < -0.4 is 10.6 Å². The molecule has 0 fully saturated rings. The van der Waals surface area contributed by atoms with Gasteiger partial charge in [-0.2, -0.15) is 0 Å². The van der Waals surface area contributed by atoms with Gasteiger partial charge in [-0.25, -0.2) is 4.79 Å². The van der Waals surface area contributed by atoms with E-state index in [1.807, 2.05) is 36.4 Å². The molecule has 0 radical (unpaired) electrons. The molecule has 3 aromatic rings. The van der Waals surface area contributed by atoms with Crippen molar-refractivity contribution in [2.24, 2.45) is 0 Å². The smallest absolute Gasteiger partial charge is 0.411 e. The zero-order valence-corrected chi connectivity index (χ0v) is 16.5. The quantitative estimate of drug-likeness (QED) is 0.534. The van der Waals surface area contributed by atoms with E-state index in [1.54, 1.807) is 0 Å². The summed E-state index contributed by atoms with van der Waals surface area (Å²) in [5.41, 5.74) is 4.59. The predicted molar refractivity (Wildman–Crippen MR) is 112 cm³/mol. The van der Waals surface area contributed by atoms with Crippen molar-refractivity contribution in [3.05, 3.63) is 77.7 Å². The van der Waals surface area contributed by atoms with E-state index < -0.39 is 18.0 Å². The van der Waals surface area contributed by atoms with E-state index >= 15 is 0 Å². The first-order valence-electron chi connectivity index (χ1n) is 9.74. The van der Waals surface area contributed by atoms with Gasteiger partial charge in [-0.05, 0) is 22.3 Å². The molecular weight excluding hydrogens is 400 g/mol. The van der Waals surface area contributed by atoms with Crippen LogP contribution in [-0.2, 0) is 9.53 Å². The Kier molecular flexibility index (Phi) is 5.70. The molecule has 8 nitrogen and oxygen atoms in total. The van der Waals surface area contributed by atoms with Crippen molar-refractivity contribution < 1.29 is 28.6 Å². The summed E-state index contributed by atoms with van der Waals surface area (Å²) in [6.45, 7) is 0.0805. The zero-order valence-electron chi connectivity index (χ0n) is 16.5. The second kappa shape index (κ2) is 8.74. The summed E-state index contributed by atoms with van der Waals surface area (Å²) < 4.78 is 10.6. The molecule has 0 saturated carbocycles. The second-order valence-corrected chi connectivity index (χ2v) is 7.01. The lowest BCUT2D eigenvalue weighted by molar-refractivity contribution is -0.136. The molecular formula is C23H20N2O6. The van der Waals surface area contributed by atoms with Gasteiger partial charge < -0.3 is 19.6 Å². The molecule has 1 aromatic heterocycles. The van der Waals surface area contributed by atoms with Crippen LogP contribution in [0.25, 0.3) is 11.1 Å². The molecule has 1 heterocycles. The maximum absolute atomic E-state index is 12.4. The van der Waals surface area contributed by atoms with Crippen molar-refractivity contribution in [1.82, 2.24) is 5.32 Å². The Labute approximate surface area is 177 Å². The van der Waals surface area contributed by atoms with Crippen molar-refractivity contribution in [2.45, 2.75) is 12.3 Å². The summed E-state index contributed by atoms with van der Waals surface area (Å²) in [6.07, 6.45) is 0.315. The van der Waals surface area contributed by atoms with Gasteiger partial charge in [0.05, 0.1) is 18.4 Å². The molecule has 0 unspecified atom stereocenters. The van der Waals surface area contributed by atoms with Crippen molar-refractivity contribution in [3.8, 4) is 11.1 Å². The molecule has 8 heteroatoms. The van der Waals surface area contributed by atoms with E-state index in [2.05, 4.69) is 22.8 Å². The van der Waals surface area contributed by atoms with Gasteiger partial charge in [0.15, 0.2) is 0 Å². The highest BCUT2D eigenvalue weighted by molar-refractivity contribution is 6.00. The molecule has 31 heavy (non-hydrogen) atoms. The maximum atomic E-state index is 12.4. The van der Waals surface area contributed by atoms with Crippen molar-refractivity contribution in [2.75, 3.05) is 18.5 Å². The molecule has 1 aliphatic rings.